The summed E-state index contributed by atoms with van der Waals surface area (Å²) in [5.41, 5.74) is 1.74. The Morgan fingerprint density at radius 1 is 1.21 bits per heavy atom. The molecule has 0 aliphatic rings. The lowest BCUT2D eigenvalue weighted by molar-refractivity contribution is -0.147. The average molecular weight is 431 g/mol. The second-order valence-corrected chi connectivity index (χ2v) is 7.25. The lowest BCUT2D eigenvalue weighted by Gasteiger charge is -2.06. The molecule has 29 heavy (non-hydrogen) atoms. The van der Waals surface area contributed by atoms with E-state index in [1.54, 1.807) is 24.3 Å². The number of esters is 1. The summed E-state index contributed by atoms with van der Waals surface area (Å²) in [6.07, 6.45) is -0.130. The molecule has 1 aromatic carbocycles. The quantitative estimate of drug-likeness (QED) is 0.441. The number of ether oxygens (including phenoxy) is 1. The Kier molecular flexibility index (Phi) is 5.44. The van der Waals surface area contributed by atoms with Crippen LogP contribution in [0.25, 0.3) is 21.8 Å². The third-order valence-electron chi connectivity index (χ3n) is 3.79. The smallest absolute Gasteiger partial charge is 0.437 e. The fourth-order valence-electron chi connectivity index (χ4n) is 2.46. The van der Waals surface area contributed by atoms with Gasteiger partial charge >= 0.3 is 11.7 Å². The highest BCUT2D eigenvalue weighted by Gasteiger charge is 2.14. The first-order valence-corrected chi connectivity index (χ1v) is 10.00. The van der Waals surface area contributed by atoms with Crippen molar-refractivity contribution < 1.29 is 18.7 Å². The summed E-state index contributed by atoms with van der Waals surface area (Å²) < 4.78 is 19.3. The number of thiophene rings is 1. The van der Waals surface area contributed by atoms with E-state index >= 15 is 0 Å². The number of nitrogens with zero attached hydrogens (tertiary/aromatic N) is 4. The molecule has 12 heteroatoms. The number of benzene rings is 1. The lowest BCUT2D eigenvalue weighted by atomic mass is 10.2. The maximum absolute atomic E-state index is 12.0. The molecule has 3 aromatic heterocycles. The number of aryl methyl sites for hydroxylation is 1. The molecule has 0 radical (unpaired) electrons. The number of hydrogen-bond acceptors (Lipinski definition) is 10. The van der Waals surface area contributed by atoms with Gasteiger partial charge in [0.2, 0.25) is 0 Å². The van der Waals surface area contributed by atoms with Crippen molar-refractivity contribution in [1.29, 1.82) is 0 Å². The highest BCUT2D eigenvalue weighted by atomic mass is 32.1. The first kappa shape index (κ1) is 19.0. The molecule has 3 heterocycles. The summed E-state index contributed by atoms with van der Waals surface area (Å²) in [5.74, 6) is -1.61. The van der Waals surface area contributed by atoms with E-state index in [0.717, 1.165) is 16.4 Å². The molecule has 0 atom stereocenters. The molecule has 0 aliphatic carbocycles. The number of anilines is 1. The highest BCUT2D eigenvalue weighted by Crippen LogP contribution is 2.22. The largest absolute Gasteiger partial charge is 0.456 e. The Morgan fingerprint density at radius 2 is 2.10 bits per heavy atom. The molecule has 4 aromatic rings. The molecule has 10 nitrogen and oxygen atoms in total. The van der Waals surface area contributed by atoms with Gasteiger partial charge in [0.15, 0.2) is 6.61 Å². The first-order chi connectivity index (χ1) is 14.1. The summed E-state index contributed by atoms with van der Waals surface area (Å²) in [5, 5.41) is 8.52. The fourth-order valence-corrected chi connectivity index (χ4v) is 3.65. The zero-order valence-electron chi connectivity index (χ0n) is 14.7. The zero-order valence-corrected chi connectivity index (χ0v) is 16.4. The third kappa shape index (κ3) is 4.38. The molecule has 0 saturated heterocycles. The fraction of sp³-hybridized carbons (Fsp3) is 0.176. The molecule has 148 valence electrons. The van der Waals surface area contributed by atoms with Gasteiger partial charge in [0.25, 0.3) is 11.8 Å². The van der Waals surface area contributed by atoms with Crippen molar-refractivity contribution in [3.63, 3.8) is 0 Å². The number of rotatable bonds is 7. The SMILES string of the molecule is O=C(COC(=O)CCn1nc(-c2cccs2)oc1=O)Nc1cccc2nsnc12. The van der Waals surface area contributed by atoms with Crippen molar-refractivity contribution >= 4 is 51.7 Å². The van der Waals surface area contributed by atoms with Gasteiger partial charge in [-0.15, -0.1) is 16.4 Å². The zero-order chi connectivity index (χ0) is 20.2. The van der Waals surface area contributed by atoms with Crippen LogP contribution in [0, 0.1) is 0 Å². The summed E-state index contributed by atoms with van der Waals surface area (Å²) in [6.45, 7) is -0.473. The van der Waals surface area contributed by atoms with Crippen LogP contribution >= 0.6 is 23.1 Å². The van der Waals surface area contributed by atoms with Gasteiger partial charge in [-0.3, -0.25) is 9.59 Å². The predicted molar refractivity (Wildman–Crippen MR) is 106 cm³/mol. The van der Waals surface area contributed by atoms with Crippen LogP contribution in [0.3, 0.4) is 0 Å². The van der Waals surface area contributed by atoms with Crippen molar-refractivity contribution in [3.05, 3.63) is 46.3 Å². The van der Waals surface area contributed by atoms with Gasteiger partial charge in [0, 0.05) is 0 Å². The molecule has 0 saturated carbocycles. The van der Waals surface area contributed by atoms with Gasteiger partial charge in [-0.2, -0.15) is 13.4 Å². The van der Waals surface area contributed by atoms with Crippen LogP contribution < -0.4 is 11.1 Å². The second kappa shape index (κ2) is 8.32. The van der Waals surface area contributed by atoms with Crippen molar-refractivity contribution in [2.75, 3.05) is 11.9 Å². The van der Waals surface area contributed by atoms with E-state index < -0.39 is 24.2 Å². The summed E-state index contributed by atoms with van der Waals surface area (Å²) in [6, 6.07) is 8.80. The minimum Gasteiger partial charge on any atom is -0.456 e. The molecular formula is C17H13N5O5S2. The van der Waals surface area contributed by atoms with Gasteiger partial charge < -0.3 is 14.5 Å². The molecule has 4 rings (SSSR count). The van der Waals surface area contributed by atoms with Crippen LogP contribution in [0.4, 0.5) is 5.69 Å². The molecule has 1 amide bonds. The third-order valence-corrected chi connectivity index (χ3v) is 5.19. The number of carbonyl (C=O) groups is 2. The van der Waals surface area contributed by atoms with Crippen LogP contribution in [0.5, 0.6) is 0 Å². The van der Waals surface area contributed by atoms with Crippen LogP contribution in [-0.4, -0.2) is 37.0 Å². The Bertz CT molecular complexity index is 1210. The summed E-state index contributed by atoms with van der Waals surface area (Å²) >= 11 is 2.42. The minimum absolute atomic E-state index is 0.0159. The Labute approximate surface area is 171 Å². The van der Waals surface area contributed by atoms with E-state index in [1.807, 2.05) is 11.4 Å². The molecule has 0 bridgehead atoms. The number of fused-ring (bicyclic) bond motifs is 1. The second-order valence-electron chi connectivity index (χ2n) is 5.77. The van der Waals surface area contributed by atoms with E-state index in [4.69, 9.17) is 9.15 Å². The van der Waals surface area contributed by atoms with Crippen molar-refractivity contribution in [3.8, 4) is 10.8 Å². The van der Waals surface area contributed by atoms with E-state index in [0.29, 0.717) is 21.6 Å². The molecule has 0 fully saturated rings. The van der Waals surface area contributed by atoms with Crippen molar-refractivity contribution in [1.82, 2.24) is 18.5 Å². The van der Waals surface area contributed by atoms with Gasteiger partial charge in [-0.05, 0) is 23.6 Å². The molecule has 1 N–H and O–H groups in total. The lowest BCUT2D eigenvalue weighted by Crippen LogP contribution is -2.23. The van der Waals surface area contributed by atoms with E-state index in [2.05, 4.69) is 19.2 Å². The normalized spacial score (nSPS) is 10.9. The number of amides is 1. The number of hydrogen-bond donors (Lipinski definition) is 1. The van der Waals surface area contributed by atoms with Gasteiger partial charge in [0.1, 0.15) is 11.0 Å². The maximum Gasteiger partial charge on any atom is 0.437 e. The van der Waals surface area contributed by atoms with Crippen molar-refractivity contribution in [2.45, 2.75) is 13.0 Å². The maximum atomic E-state index is 12.0. The van der Waals surface area contributed by atoms with Crippen LogP contribution in [0.1, 0.15) is 6.42 Å². The average Bonchev–Trinajstić information content (AvgIpc) is 3.45. The van der Waals surface area contributed by atoms with Crippen molar-refractivity contribution in [2.24, 2.45) is 0 Å². The van der Waals surface area contributed by atoms with E-state index in [9.17, 15) is 14.4 Å². The highest BCUT2D eigenvalue weighted by molar-refractivity contribution is 7.13. The molecule has 0 aliphatic heterocycles. The molecular weight excluding hydrogens is 418 g/mol. The topological polar surface area (TPSA) is 129 Å². The van der Waals surface area contributed by atoms with Crippen LogP contribution in [0.15, 0.2) is 44.9 Å². The monoisotopic (exact) mass is 431 g/mol. The Balaban J connectivity index is 1.28. The summed E-state index contributed by atoms with van der Waals surface area (Å²) in [4.78, 5) is 36.5. The van der Waals surface area contributed by atoms with E-state index in [-0.39, 0.29) is 18.9 Å². The van der Waals surface area contributed by atoms with E-state index in [1.165, 1.54) is 11.3 Å². The van der Waals surface area contributed by atoms with Gasteiger partial charge in [0.05, 0.1) is 35.3 Å². The molecule has 0 unspecified atom stereocenters. The Morgan fingerprint density at radius 3 is 2.93 bits per heavy atom. The first-order valence-electron chi connectivity index (χ1n) is 8.39. The molecule has 0 spiro atoms. The number of aromatic nitrogens is 4. The Hall–Kier alpha value is -3.38. The predicted octanol–water partition coefficient (Wildman–Crippen LogP) is 2.14. The number of nitrogens with one attached hydrogen (secondary N) is 1. The van der Waals surface area contributed by atoms with Crippen LogP contribution in [-0.2, 0) is 20.9 Å². The van der Waals surface area contributed by atoms with Gasteiger partial charge in [-0.25, -0.2) is 4.79 Å². The van der Waals surface area contributed by atoms with Crippen LogP contribution in [0.2, 0.25) is 0 Å². The number of carbonyl (C=O) groups excluding carboxylic acids is 2. The van der Waals surface area contributed by atoms with Gasteiger partial charge in [-0.1, -0.05) is 12.1 Å². The standard InChI is InChI=1S/C17H13N5O5S2/c23-13(18-10-3-1-4-11-15(10)21-29-20-11)9-26-14(24)6-7-22-17(25)27-16(19-22)12-5-2-8-28-12/h1-5,8H,6-7,9H2,(H,18,23). The summed E-state index contributed by atoms with van der Waals surface area (Å²) in [7, 11) is 0. The minimum atomic E-state index is -0.663.